The number of rotatable bonds is 3. The zero-order valence-corrected chi connectivity index (χ0v) is 26.5. The molecule has 0 unspecified atom stereocenters. The maximum absolute atomic E-state index is 12.7. The summed E-state index contributed by atoms with van der Waals surface area (Å²) in [5.74, 6) is -0.547. The predicted molar refractivity (Wildman–Crippen MR) is 149 cm³/mol. The van der Waals surface area contributed by atoms with Gasteiger partial charge >= 0.3 is 0 Å². The van der Waals surface area contributed by atoms with Crippen molar-refractivity contribution >= 4 is 0 Å². The van der Waals surface area contributed by atoms with E-state index in [2.05, 4.69) is 40.0 Å². The van der Waals surface area contributed by atoms with Gasteiger partial charge in [0, 0.05) is 72.6 Å². The molecule has 0 spiro atoms. The number of aryl methyl sites for hydroxylation is 2. The number of nitrogens with zero attached hydrogens (tertiary/aromatic N) is 7. The molecule has 0 bridgehead atoms. The first-order chi connectivity index (χ1) is 19.7. The largest absolute Gasteiger partial charge is 0.574 e. The van der Waals surface area contributed by atoms with Gasteiger partial charge < -0.3 is 28.5 Å². The standard InChI is InChI=1S/2C12H12FN2.C8H6N3.Ir/c2*1-9-10(2)15(8-14(9)3)12-6-4-11(13)5-7-12;1-2-5-9-7(3-1)8-4-6-10-11-8;/h2*4-6H,1-3H3;1-6H;/q3*-1;. The molecule has 2 aromatic carbocycles. The second-order valence-corrected chi connectivity index (χ2v) is 9.25. The molecule has 6 rings (SSSR count). The van der Waals surface area contributed by atoms with Gasteiger partial charge in [-0.05, 0) is 39.8 Å². The van der Waals surface area contributed by atoms with E-state index in [1.165, 1.54) is 24.3 Å². The van der Waals surface area contributed by atoms with Crippen LogP contribution in [0.15, 0.2) is 73.1 Å². The number of hydrogen-bond donors (Lipinski definition) is 0. The van der Waals surface area contributed by atoms with Gasteiger partial charge in [-0.2, -0.15) is 24.3 Å². The summed E-state index contributed by atoms with van der Waals surface area (Å²) in [5, 5.41) is 7.58. The fourth-order valence-corrected chi connectivity index (χ4v) is 3.84. The van der Waals surface area contributed by atoms with Crippen molar-refractivity contribution < 1.29 is 38.0 Å². The van der Waals surface area contributed by atoms with Crippen LogP contribution >= 0.6 is 0 Å². The second-order valence-electron chi connectivity index (χ2n) is 9.25. The summed E-state index contributed by atoms with van der Waals surface area (Å²) >= 11 is 0. The molecule has 0 saturated heterocycles. The predicted octanol–water partition coefficient (Wildman–Crippen LogP) is 4.41. The van der Waals surface area contributed by atoms with Crippen molar-refractivity contribution in [2.75, 3.05) is 0 Å². The maximum Gasteiger partial charge on any atom is 0.241 e. The van der Waals surface area contributed by atoms with Crippen LogP contribution in [0.3, 0.4) is 0 Å². The van der Waals surface area contributed by atoms with Gasteiger partial charge in [-0.25, -0.2) is 0 Å². The first kappa shape index (κ1) is 32.2. The van der Waals surface area contributed by atoms with Gasteiger partial charge in [-0.1, -0.05) is 29.2 Å². The molecule has 4 heterocycles. The van der Waals surface area contributed by atoms with E-state index in [9.17, 15) is 8.78 Å². The van der Waals surface area contributed by atoms with Crippen LogP contribution in [0.4, 0.5) is 8.78 Å². The number of benzene rings is 2. The molecule has 0 aliphatic rings. The molecule has 0 amide bonds. The molecular formula is C32H30F2IrN7-3. The van der Waals surface area contributed by atoms with E-state index in [-0.39, 0.29) is 31.7 Å². The summed E-state index contributed by atoms with van der Waals surface area (Å²) in [4.78, 5) is 4.12. The Kier molecular flexibility index (Phi) is 11.2. The van der Waals surface area contributed by atoms with E-state index in [0.29, 0.717) is 0 Å². The van der Waals surface area contributed by atoms with E-state index in [1.807, 2.05) is 84.3 Å². The van der Waals surface area contributed by atoms with Gasteiger partial charge in [0.2, 0.25) is 12.7 Å². The Bertz CT molecular complexity index is 1600. The van der Waals surface area contributed by atoms with E-state index in [0.717, 1.165) is 45.5 Å². The second kappa shape index (κ2) is 14.6. The van der Waals surface area contributed by atoms with Crippen molar-refractivity contribution in [3.05, 3.63) is 132 Å². The van der Waals surface area contributed by atoms with Gasteiger partial charge in [-0.15, -0.1) is 24.3 Å². The molecule has 7 nitrogen and oxygen atoms in total. The molecule has 0 atom stereocenters. The molecule has 0 fully saturated rings. The molecule has 10 heteroatoms. The van der Waals surface area contributed by atoms with Crippen LogP contribution in [0.2, 0.25) is 0 Å². The summed E-state index contributed by atoms with van der Waals surface area (Å²) in [5.41, 5.74) is 7.73. The van der Waals surface area contributed by atoms with Crippen LogP contribution in [0, 0.1) is 64.1 Å². The minimum atomic E-state index is -0.273. The fourth-order valence-electron chi connectivity index (χ4n) is 3.84. The fraction of sp³-hybridized carbons (Fsp3) is 0.188. The Labute approximate surface area is 258 Å². The molecule has 0 aliphatic heterocycles. The van der Waals surface area contributed by atoms with Gasteiger partial charge in [0.1, 0.15) is 0 Å². The third-order valence-electron chi connectivity index (χ3n) is 6.61. The van der Waals surface area contributed by atoms with E-state index >= 15 is 0 Å². The van der Waals surface area contributed by atoms with Crippen LogP contribution < -0.4 is 14.2 Å². The molecule has 0 aliphatic carbocycles. The number of imidazole rings is 2. The molecule has 0 N–H and O–H groups in total. The summed E-state index contributed by atoms with van der Waals surface area (Å²) < 4.78 is 33.0. The molecule has 0 saturated carbocycles. The van der Waals surface area contributed by atoms with Crippen LogP contribution in [0.5, 0.6) is 0 Å². The molecule has 4 aromatic heterocycles. The van der Waals surface area contributed by atoms with E-state index in [1.54, 1.807) is 24.5 Å². The van der Waals surface area contributed by atoms with Gasteiger partial charge in [0.15, 0.2) is 0 Å². The normalized spacial score (nSPS) is 10.2. The van der Waals surface area contributed by atoms with Crippen molar-refractivity contribution in [3.8, 4) is 22.8 Å². The Balaban J connectivity index is 0.000000173. The Hall–Kier alpha value is -4.27. The number of aromatic nitrogens is 7. The van der Waals surface area contributed by atoms with Gasteiger partial charge in [-0.3, -0.25) is 13.8 Å². The van der Waals surface area contributed by atoms with Gasteiger partial charge in [0.25, 0.3) is 0 Å². The minimum absolute atomic E-state index is 0. The summed E-state index contributed by atoms with van der Waals surface area (Å²) in [7, 11) is 3.87. The van der Waals surface area contributed by atoms with E-state index in [4.69, 9.17) is 0 Å². The zero-order chi connectivity index (χ0) is 29.5. The summed E-state index contributed by atoms with van der Waals surface area (Å²) in [6, 6.07) is 22.2. The van der Waals surface area contributed by atoms with Crippen molar-refractivity contribution in [2.24, 2.45) is 14.1 Å². The average molecular weight is 743 g/mol. The van der Waals surface area contributed by atoms with E-state index < -0.39 is 0 Å². The third kappa shape index (κ3) is 7.72. The molecule has 1 radical (unpaired) electrons. The third-order valence-corrected chi connectivity index (χ3v) is 6.61. The van der Waals surface area contributed by atoms with Crippen molar-refractivity contribution in [1.82, 2.24) is 24.3 Å². The van der Waals surface area contributed by atoms with Crippen molar-refractivity contribution in [3.63, 3.8) is 0 Å². The first-order valence-electron chi connectivity index (χ1n) is 12.8. The topological polar surface area (TPSA) is 57.5 Å². The van der Waals surface area contributed by atoms with Crippen LogP contribution in [0.25, 0.3) is 22.8 Å². The summed E-state index contributed by atoms with van der Waals surface area (Å²) in [6.45, 7) is 8.05. The number of halogens is 2. The number of hydrogen-bond acceptors (Lipinski definition) is 2. The first-order valence-corrected chi connectivity index (χ1v) is 12.8. The Morgan fingerprint density at radius 1 is 0.714 bits per heavy atom. The van der Waals surface area contributed by atoms with Crippen molar-refractivity contribution in [1.29, 1.82) is 0 Å². The Morgan fingerprint density at radius 3 is 1.57 bits per heavy atom. The molecular weight excluding hydrogens is 713 g/mol. The molecule has 6 aromatic rings. The SMILES string of the molecule is Cc1c(C)[n+](C)[c-]n1-c1[c-]cc(F)cc1.Cc1c(C)[n+](C)[c-]n1-c1[c-]cc(F)cc1.[Ir].c1ccc(-c2ccn[n-]2)nc1. The van der Waals surface area contributed by atoms with Crippen LogP contribution in [-0.2, 0) is 34.2 Å². The quantitative estimate of drug-likeness (QED) is 0.200. The maximum atomic E-state index is 12.7. The van der Waals surface area contributed by atoms with Gasteiger partial charge in [0.05, 0.1) is 14.1 Å². The molecule has 219 valence electrons. The average Bonchev–Trinajstić information content (AvgIpc) is 3.68. The number of pyridine rings is 1. The Morgan fingerprint density at radius 2 is 1.24 bits per heavy atom. The summed E-state index contributed by atoms with van der Waals surface area (Å²) in [6.07, 6.45) is 9.65. The monoisotopic (exact) mass is 743 g/mol. The van der Waals surface area contributed by atoms with Crippen LogP contribution in [-0.4, -0.2) is 19.2 Å². The smallest absolute Gasteiger partial charge is 0.241 e. The van der Waals surface area contributed by atoms with Crippen LogP contribution in [0.1, 0.15) is 22.8 Å². The zero-order valence-electron chi connectivity index (χ0n) is 24.1. The molecule has 42 heavy (non-hydrogen) atoms. The minimum Gasteiger partial charge on any atom is -0.574 e. The van der Waals surface area contributed by atoms with Crippen molar-refractivity contribution in [2.45, 2.75) is 27.7 Å².